The van der Waals surface area contributed by atoms with Crippen molar-refractivity contribution < 1.29 is 0 Å². The Labute approximate surface area is 147 Å². The van der Waals surface area contributed by atoms with Crippen LogP contribution in [0.3, 0.4) is 0 Å². The molecular formula is C21H20N4. The van der Waals surface area contributed by atoms with E-state index in [0.29, 0.717) is 0 Å². The molecule has 0 radical (unpaired) electrons. The number of hydrogen-bond donors (Lipinski definition) is 1. The van der Waals surface area contributed by atoms with E-state index in [4.69, 9.17) is 0 Å². The molecule has 0 fully saturated rings. The molecule has 0 aliphatic heterocycles. The lowest BCUT2D eigenvalue weighted by Gasteiger charge is -2.08. The third-order valence-corrected chi connectivity index (χ3v) is 4.40. The van der Waals surface area contributed by atoms with Crippen molar-refractivity contribution in [2.24, 2.45) is 7.05 Å². The van der Waals surface area contributed by atoms with E-state index in [1.54, 1.807) is 0 Å². The molecule has 1 N–H and O–H groups in total. The minimum atomic E-state index is 0.773. The van der Waals surface area contributed by atoms with E-state index in [1.165, 1.54) is 11.1 Å². The highest BCUT2D eigenvalue weighted by molar-refractivity contribution is 5.84. The van der Waals surface area contributed by atoms with Gasteiger partial charge in [0.2, 0.25) is 0 Å². The molecule has 4 rings (SSSR count). The zero-order chi connectivity index (χ0) is 17.2. The number of nitrogens with zero attached hydrogens (tertiary/aromatic N) is 3. The molecule has 0 saturated carbocycles. The second-order valence-corrected chi connectivity index (χ2v) is 6.32. The number of rotatable bonds is 4. The van der Waals surface area contributed by atoms with Gasteiger partial charge in [-0.3, -0.25) is 4.68 Å². The average Bonchev–Trinajstić information content (AvgIpc) is 3.01. The van der Waals surface area contributed by atoms with Crippen LogP contribution in [-0.2, 0) is 13.6 Å². The van der Waals surface area contributed by atoms with Crippen molar-refractivity contribution in [3.05, 3.63) is 78.1 Å². The van der Waals surface area contributed by atoms with Gasteiger partial charge in [0.15, 0.2) is 0 Å². The van der Waals surface area contributed by atoms with Gasteiger partial charge in [0.25, 0.3) is 0 Å². The van der Waals surface area contributed by atoms with Gasteiger partial charge in [-0.25, -0.2) is 4.98 Å². The number of aromatic nitrogens is 3. The topological polar surface area (TPSA) is 42.7 Å². The number of nitrogens with one attached hydrogen (secondary N) is 1. The summed E-state index contributed by atoms with van der Waals surface area (Å²) in [7, 11) is 1.96. The van der Waals surface area contributed by atoms with E-state index >= 15 is 0 Å². The normalized spacial score (nSPS) is 11.0. The molecule has 2 aromatic heterocycles. The highest BCUT2D eigenvalue weighted by Crippen LogP contribution is 2.24. The van der Waals surface area contributed by atoms with Crippen LogP contribution < -0.4 is 5.32 Å². The predicted octanol–water partition coefficient (Wildman–Crippen LogP) is 4.56. The summed E-state index contributed by atoms with van der Waals surface area (Å²) in [5, 5.41) is 8.81. The van der Waals surface area contributed by atoms with Crippen LogP contribution in [-0.4, -0.2) is 14.8 Å². The molecule has 25 heavy (non-hydrogen) atoms. The molecule has 0 aliphatic rings. The van der Waals surface area contributed by atoms with Crippen molar-refractivity contribution in [2.75, 3.05) is 5.32 Å². The van der Waals surface area contributed by atoms with Gasteiger partial charge in [0.1, 0.15) is 5.82 Å². The molecule has 0 atom stereocenters. The Morgan fingerprint density at radius 2 is 1.84 bits per heavy atom. The summed E-state index contributed by atoms with van der Waals surface area (Å²) in [5.41, 5.74) is 5.92. The van der Waals surface area contributed by atoms with Crippen LogP contribution >= 0.6 is 0 Å². The molecule has 0 amide bonds. The minimum absolute atomic E-state index is 0.773. The largest absolute Gasteiger partial charge is 0.366 e. The summed E-state index contributed by atoms with van der Waals surface area (Å²) in [5.74, 6) is 0.882. The van der Waals surface area contributed by atoms with Crippen molar-refractivity contribution in [3.63, 3.8) is 0 Å². The Morgan fingerprint density at radius 3 is 2.64 bits per heavy atom. The first-order valence-corrected chi connectivity index (χ1v) is 8.37. The highest BCUT2D eigenvalue weighted by Gasteiger charge is 2.04. The minimum Gasteiger partial charge on any atom is -0.366 e. The maximum absolute atomic E-state index is 4.55. The Balaban J connectivity index is 1.50. The standard InChI is InChI=1S/C21H20N4/c1-15-4-3-5-16(10-15)12-22-21-9-7-18(13-23-21)17-6-8-20-19(11-17)14-24-25(20)2/h3-11,13-14H,12H2,1-2H3,(H,22,23). The molecular weight excluding hydrogens is 308 g/mol. The first kappa shape index (κ1) is 15.4. The Hall–Kier alpha value is -3.14. The van der Waals surface area contributed by atoms with Gasteiger partial charge in [-0.05, 0) is 42.3 Å². The molecule has 124 valence electrons. The molecule has 0 unspecified atom stereocenters. The Bertz CT molecular complexity index is 1020. The zero-order valence-electron chi connectivity index (χ0n) is 14.4. The third kappa shape index (κ3) is 3.24. The van der Waals surface area contributed by atoms with E-state index in [1.807, 2.05) is 30.2 Å². The molecule has 2 heterocycles. The Morgan fingerprint density at radius 1 is 0.960 bits per heavy atom. The van der Waals surface area contributed by atoms with Crippen LogP contribution in [0.2, 0.25) is 0 Å². The summed E-state index contributed by atoms with van der Waals surface area (Å²) in [6.45, 7) is 2.88. The highest BCUT2D eigenvalue weighted by atomic mass is 15.2. The number of anilines is 1. The molecule has 0 spiro atoms. The summed E-state index contributed by atoms with van der Waals surface area (Å²) < 4.78 is 1.88. The van der Waals surface area contributed by atoms with Crippen LogP contribution in [0.4, 0.5) is 5.82 Å². The average molecular weight is 328 g/mol. The quantitative estimate of drug-likeness (QED) is 0.597. The summed E-state index contributed by atoms with van der Waals surface area (Å²) >= 11 is 0. The number of fused-ring (bicyclic) bond motifs is 1. The second-order valence-electron chi connectivity index (χ2n) is 6.32. The van der Waals surface area contributed by atoms with Gasteiger partial charge >= 0.3 is 0 Å². The molecule has 4 heteroatoms. The van der Waals surface area contributed by atoms with E-state index in [9.17, 15) is 0 Å². The van der Waals surface area contributed by atoms with Crippen LogP contribution in [0.25, 0.3) is 22.0 Å². The number of benzene rings is 2. The van der Waals surface area contributed by atoms with Crippen LogP contribution in [0.15, 0.2) is 67.0 Å². The lowest BCUT2D eigenvalue weighted by atomic mass is 10.1. The van der Waals surface area contributed by atoms with Gasteiger partial charge in [0, 0.05) is 30.7 Å². The van der Waals surface area contributed by atoms with Gasteiger partial charge in [-0.15, -0.1) is 0 Å². The summed E-state index contributed by atoms with van der Waals surface area (Å²) in [6.07, 6.45) is 3.81. The maximum atomic E-state index is 4.55. The summed E-state index contributed by atoms with van der Waals surface area (Å²) in [6, 6.07) is 19.0. The maximum Gasteiger partial charge on any atom is 0.126 e. The number of aryl methyl sites for hydroxylation is 2. The van der Waals surface area contributed by atoms with Crippen molar-refractivity contribution in [1.29, 1.82) is 0 Å². The molecule has 4 aromatic rings. The van der Waals surface area contributed by atoms with E-state index < -0.39 is 0 Å². The lowest BCUT2D eigenvalue weighted by molar-refractivity contribution is 0.797. The number of pyridine rings is 1. The Kier molecular flexibility index (Phi) is 3.94. The van der Waals surface area contributed by atoms with Gasteiger partial charge in [0.05, 0.1) is 11.7 Å². The van der Waals surface area contributed by atoms with Crippen molar-refractivity contribution >= 4 is 16.7 Å². The van der Waals surface area contributed by atoms with Crippen molar-refractivity contribution in [3.8, 4) is 11.1 Å². The van der Waals surface area contributed by atoms with Gasteiger partial charge in [-0.1, -0.05) is 35.9 Å². The van der Waals surface area contributed by atoms with E-state index in [-0.39, 0.29) is 0 Å². The zero-order valence-corrected chi connectivity index (χ0v) is 14.4. The smallest absolute Gasteiger partial charge is 0.126 e. The fraction of sp³-hybridized carbons (Fsp3) is 0.143. The van der Waals surface area contributed by atoms with Gasteiger partial charge < -0.3 is 5.32 Å². The first-order valence-electron chi connectivity index (χ1n) is 8.37. The van der Waals surface area contributed by atoms with E-state index in [2.05, 4.69) is 70.9 Å². The molecule has 0 saturated heterocycles. The monoisotopic (exact) mass is 328 g/mol. The fourth-order valence-corrected chi connectivity index (χ4v) is 3.03. The van der Waals surface area contributed by atoms with Crippen LogP contribution in [0.1, 0.15) is 11.1 Å². The van der Waals surface area contributed by atoms with Crippen LogP contribution in [0.5, 0.6) is 0 Å². The molecule has 4 nitrogen and oxygen atoms in total. The van der Waals surface area contributed by atoms with E-state index in [0.717, 1.165) is 34.4 Å². The lowest BCUT2D eigenvalue weighted by Crippen LogP contribution is -2.01. The SMILES string of the molecule is Cc1cccc(CNc2ccc(-c3ccc4c(cnn4C)c3)cn2)c1. The van der Waals surface area contributed by atoms with Crippen molar-refractivity contribution in [2.45, 2.75) is 13.5 Å². The number of hydrogen-bond acceptors (Lipinski definition) is 3. The predicted molar refractivity (Wildman–Crippen MR) is 102 cm³/mol. The fourth-order valence-electron chi connectivity index (χ4n) is 3.03. The molecule has 2 aromatic carbocycles. The molecule has 0 aliphatic carbocycles. The van der Waals surface area contributed by atoms with Crippen LogP contribution in [0, 0.1) is 6.92 Å². The third-order valence-electron chi connectivity index (χ3n) is 4.40. The van der Waals surface area contributed by atoms with Crippen molar-refractivity contribution in [1.82, 2.24) is 14.8 Å². The van der Waals surface area contributed by atoms with Gasteiger partial charge in [-0.2, -0.15) is 5.10 Å². The summed E-state index contributed by atoms with van der Waals surface area (Å²) in [4.78, 5) is 4.55. The molecule has 0 bridgehead atoms. The first-order chi connectivity index (χ1) is 12.2. The second kappa shape index (κ2) is 6.40.